The van der Waals surface area contributed by atoms with Crippen LogP contribution < -0.4 is 9.46 Å². The van der Waals surface area contributed by atoms with Crippen molar-refractivity contribution >= 4 is 19.9 Å². The molecule has 0 radical (unpaired) electrons. The van der Waals surface area contributed by atoms with E-state index >= 15 is 0 Å². The monoisotopic (exact) mass is 437 g/mol. The average molecular weight is 438 g/mol. The van der Waals surface area contributed by atoms with Gasteiger partial charge in [-0.3, -0.25) is 0 Å². The van der Waals surface area contributed by atoms with Crippen molar-refractivity contribution in [2.45, 2.75) is 36.5 Å². The summed E-state index contributed by atoms with van der Waals surface area (Å²) in [5.41, 5.74) is 1.03. The fraction of sp³-hybridized carbons (Fsp3) is 0.429. The number of hydrogen-bond acceptors (Lipinski definition) is 5. The molecule has 3 rings (SSSR count). The highest BCUT2D eigenvalue weighted by Gasteiger charge is 2.39. The van der Waals surface area contributed by atoms with Crippen LogP contribution in [0.4, 0.5) is 0 Å². The first kappa shape index (κ1) is 21.8. The van der Waals surface area contributed by atoms with Gasteiger partial charge in [-0.1, -0.05) is 43.7 Å². The van der Waals surface area contributed by atoms with Gasteiger partial charge in [-0.25, -0.2) is 21.6 Å². The summed E-state index contributed by atoms with van der Waals surface area (Å²) in [4.78, 5) is 0.161. The highest BCUT2D eigenvalue weighted by Crippen LogP contribution is 2.43. The molecule has 158 valence electrons. The van der Waals surface area contributed by atoms with Gasteiger partial charge < -0.3 is 4.74 Å². The second-order valence-electron chi connectivity index (χ2n) is 7.38. The van der Waals surface area contributed by atoms with E-state index in [0.717, 1.165) is 19.3 Å². The molecule has 6 nitrogen and oxygen atoms in total. The van der Waals surface area contributed by atoms with Crippen LogP contribution in [0.15, 0.2) is 59.5 Å². The van der Waals surface area contributed by atoms with Crippen molar-refractivity contribution in [1.82, 2.24) is 4.72 Å². The number of hydrogen-bond donors (Lipinski definition) is 1. The third-order valence-electron chi connectivity index (χ3n) is 5.53. The minimum absolute atomic E-state index is 0.0418. The Hall–Kier alpha value is -1.90. The third kappa shape index (κ3) is 5.38. The van der Waals surface area contributed by atoms with Crippen molar-refractivity contribution in [3.63, 3.8) is 0 Å². The van der Waals surface area contributed by atoms with E-state index in [1.54, 1.807) is 19.1 Å². The molecule has 1 fully saturated rings. The number of ether oxygens (including phenoxy) is 1. The van der Waals surface area contributed by atoms with Crippen LogP contribution in [-0.2, 0) is 25.3 Å². The number of benzene rings is 2. The lowest BCUT2D eigenvalue weighted by Crippen LogP contribution is -2.45. The summed E-state index contributed by atoms with van der Waals surface area (Å²) in [5.74, 6) is 0.450. The molecule has 8 heteroatoms. The SMILES string of the molecule is CCS(=O)(=O)CCOc1ccc(S(=O)(=O)NCC2(c3ccccc3)CCC2)cc1. The maximum atomic E-state index is 12.7. The first-order valence-corrected chi connectivity index (χ1v) is 13.1. The van der Waals surface area contributed by atoms with Gasteiger partial charge in [0.2, 0.25) is 10.0 Å². The summed E-state index contributed by atoms with van der Waals surface area (Å²) in [7, 11) is -6.74. The van der Waals surface area contributed by atoms with Crippen LogP contribution in [0, 0.1) is 0 Å². The van der Waals surface area contributed by atoms with Crippen molar-refractivity contribution in [2.24, 2.45) is 0 Å². The Morgan fingerprint density at radius 3 is 2.17 bits per heavy atom. The van der Waals surface area contributed by atoms with Crippen LogP contribution in [0.25, 0.3) is 0 Å². The maximum absolute atomic E-state index is 12.7. The average Bonchev–Trinajstić information content (AvgIpc) is 2.68. The van der Waals surface area contributed by atoms with Gasteiger partial charge in [0.1, 0.15) is 12.4 Å². The second-order valence-corrected chi connectivity index (χ2v) is 11.6. The largest absolute Gasteiger partial charge is 0.493 e. The molecule has 29 heavy (non-hydrogen) atoms. The maximum Gasteiger partial charge on any atom is 0.240 e. The number of sulfonamides is 1. The van der Waals surface area contributed by atoms with Crippen LogP contribution in [0.3, 0.4) is 0 Å². The summed E-state index contributed by atoms with van der Waals surface area (Å²) in [5, 5.41) is 0. The summed E-state index contributed by atoms with van der Waals surface area (Å²) >= 11 is 0. The molecular formula is C21H27NO5S2. The lowest BCUT2D eigenvalue weighted by Gasteiger charge is -2.42. The van der Waals surface area contributed by atoms with Gasteiger partial charge in [-0.05, 0) is 42.7 Å². The van der Waals surface area contributed by atoms with Gasteiger partial charge in [0.05, 0.1) is 10.6 Å². The van der Waals surface area contributed by atoms with Crippen molar-refractivity contribution in [3.05, 3.63) is 60.2 Å². The zero-order valence-electron chi connectivity index (χ0n) is 16.5. The Labute approximate surface area is 173 Å². The smallest absolute Gasteiger partial charge is 0.240 e. The van der Waals surface area contributed by atoms with Crippen LogP contribution in [0.2, 0.25) is 0 Å². The molecule has 0 atom stereocenters. The molecule has 1 aliphatic carbocycles. The minimum Gasteiger partial charge on any atom is -0.493 e. The van der Waals surface area contributed by atoms with Gasteiger partial charge in [0, 0.05) is 17.7 Å². The molecule has 0 saturated heterocycles. The van der Waals surface area contributed by atoms with Gasteiger partial charge >= 0.3 is 0 Å². The van der Waals surface area contributed by atoms with Gasteiger partial charge in [0.25, 0.3) is 0 Å². The van der Waals surface area contributed by atoms with E-state index in [1.807, 2.05) is 18.2 Å². The lowest BCUT2D eigenvalue weighted by molar-refractivity contribution is 0.245. The van der Waals surface area contributed by atoms with Gasteiger partial charge in [-0.15, -0.1) is 0 Å². The van der Waals surface area contributed by atoms with Crippen molar-refractivity contribution in [3.8, 4) is 5.75 Å². The molecular weight excluding hydrogens is 410 g/mol. The molecule has 2 aromatic carbocycles. The molecule has 0 aromatic heterocycles. The number of rotatable bonds is 10. The predicted molar refractivity (Wildman–Crippen MR) is 113 cm³/mol. The van der Waals surface area contributed by atoms with E-state index in [1.165, 1.54) is 17.7 Å². The van der Waals surface area contributed by atoms with Crippen molar-refractivity contribution in [2.75, 3.05) is 24.7 Å². The molecule has 0 aliphatic heterocycles. The Bertz CT molecular complexity index is 1010. The molecule has 0 unspecified atom stereocenters. The van der Waals surface area contributed by atoms with E-state index in [2.05, 4.69) is 16.9 Å². The molecule has 1 N–H and O–H groups in total. The fourth-order valence-electron chi connectivity index (χ4n) is 3.43. The Morgan fingerprint density at radius 1 is 0.966 bits per heavy atom. The van der Waals surface area contributed by atoms with Crippen LogP contribution in [0.5, 0.6) is 5.75 Å². The fourth-order valence-corrected chi connectivity index (χ4v) is 5.18. The normalized spacial score (nSPS) is 16.2. The molecule has 0 heterocycles. The van der Waals surface area contributed by atoms with E-state index in [4.69, 9.17) is 4.74 Å². The van der Waals surface area contributed by atoms with E-state index < -0.39 is 19.9 Å². The molecule has 1 aliphatic rings. The van der Waals surface area contributed by atoms with E-state index in [-0.39, 0.29) is 28.4 Å². The zero-order chi connectivity index (χ0) is 21.0. The molecule has 2 aromatic rings. The minimum atomic E-state index is -3.64. The Balaban J connectivity index is 1.61. The summed E-state index contributed by atoms with van der Waals surface area (Å²) in [6.07, 6.45) is 3.02. The summed E-state index contributed by atoms with van der Waals surface area (Å²) in [6.45, 7) is 2.00. The highest BCUT2D eigenvalue weighted by molar-refractivity contribution is 7.91. The van der Waals surface area contributed by atoms with Crippen molar-refractivity contribution in [1.29, 1.82) is 0 Å². The van der Waals surface area contributed by atoms with Gasteiger partial charge in [-0.2, -0.15) is 0 Å². The predicted octanol–water partition coefficient (Wildman–Crippen LogP) is 2.90. The van der Waals surface area contributed by atoms with Crippen LogP contribution in [0.1, 0.15) is 31.7 Å². The highest BCUT2D eigenvalue weighted by atomic mass is 32.2. The zero-order valence-corrected chi connectivity index (χ0v) is 18.1. The molecule has 1 saturated carbocycles. The molecule has 0 spiro atoms. The standard InChI is InChI=1S/C21H27NO5S2/c1-2-28(23,24)16-15-27-19-9-11-20(12-10-19)29(25,26)22-17-21(13-6-14-21)18-7-4-3-5-8-18/h3-5,7-12,22H,2,6,13-17H2,1H3. The quantitative estimate of drug-likeness (QED) is 0.617. The first-order valence-electron chi connectivity index (χ1n) is 9.75. The third-order valence-corrected chi connectivity index (χ3v) is 8.62. The van der Waals surface area contributed by atoms with Crippen LogP contribution in [-0.4, -0.2) is 41.5 Å². The number of nitrogens with one attached hydrogen (secondary N) is 1. The summed E-state index contributed by atoms with van der Waals surface area (Å²) < 4.78 is 56.6. The Morgan fingerprint density at radius 2 is 1.62 bits per heavy atom. The molecule has 0 amide bonds. The lowest BCUT2D eigenvalue weighted by atomic mass is 9.64. The second kappa shape index (κ2) is 8.85. The van der Waals surface area contributed by atoms with E-state index in [0.29, 0.717) is 12.3 Å². The topological polar surface area (TPSA) is 89.5 Å². The van der Waals surface area contributed by atoms with Crippen molar-refractivity contribution < 1.29 is 21.6 Å². The van der Waals surface area contributed by atoms with Gasteiger partial charge in [0.15, 0.2) is 9.84 Å². The summed E-state index contributed by atoms with van der Waals surface area (Å²) in [6, 6.07) is 16.1. The first-order chi connectivity index (χ1) is 13.8. The molecule has 0 bridgehead atoms. The van der Waals surface area contributed by atoms with E-state index in [9.17, 15) is 16.8 Å². The Kier molecular flexibility index (Phi) is 6.65. The number of sulfone groups is 1. The van der Waals surface area contributed by atoms with Crippen LogP contribution >= 0.6 is 0 Å².